The molecule has 2 saturated heterocycles. The van der Waals surface area contributed by atoms with Gasteiger partial charge in [-0.3, -0.25) is 9.69 Å². The van der Waals surface area contributed by atoms with Crippen molar-refractivity contribution in [1.82, 2.24) is 10.2 Å². The molecule has 2 aliphatic heterocycles. The molecular formula is C11H20N2O2S. The molecule has 5 heteroatoms. The minimum absolute atomic E-state index is 0.0714. The van der Waals surface area contributed by atoms with Crippen molar-refractivity contribution >= 4 is 18.5 Å². The van der Waals surface area contributed by atoms with Crippen molar-refractivity contribution in [2.75, 3.05) is 32.0 Å². The number of fused-ring (bicyclic) bond motifs is 1. The summed E-state index contributed by atoms with van der Waals surface area (Å²) in [6.45, 7) is 3.61. The third-order valence-electron chi connectivity index (χ3n) is 3.33. The summed E-state index contributed by atoms with van der Waals surface area (Å²) in [5.74, 6) is 0.674. The number of thiol groups is 1. The van der Waals surface area contributed by atoms with Crippen LogP contribution in [0.4, 0.5) is 0 Å². The Morgan fingerprint density at radius 1 is 1.56 bits per heavy atom. The topological polar surface area (TPSA) is 41.6 Å². The molecule has 2 rings (SSSR count). The summed E-state index contributed by atoms with van der Waals surface area (Å²) in [5, 5.41) is 2.89. The molecule has 16 heavy (non-hydrogen) atoms. The first kappa shape index (κ1) is 12.2. The Kier molecular flexibility index (Phi) is 4.49. The van der Waals surface area contributed by atoms with Gasteiger partial charge in [-0.15, -0.1) is 0 Å². The zero-order chi connectivity index (χ0) is 11.4. The average Bonchev–Trinajstić information content (AvgIpc) is 2.74. The van der Waals surface area contributed by atoms with Crippen LogP contribution in [0.1, 0.15) is 19.3 Å². The van der Waals surface area contributed by atoms with Gasteiger partial charge in [-0.1, -0.05) is 0 Å². The molecule has 0 aromatic heterocycles. The van der Waals surface area contributed by atoms with Crippen molar-refractivity contribution < 1.29 is 9.53 Å². The molecule has 0 spiro atoms. The summed E-state index contributed by atoms with van der Waals surface area (Å²) in [7, 11) is 0. The van der Waals surface area contributed by atoms with Crippen molar-refractivity contribution in [2.45, 2.75) is 31.4 Å². The number of morpholine rings is 1. The minimum Gasteiger partial charge on any atom is -0.373 e. The van der Waals surface area contributed by atoms with E-state index in [-0.39, 0.29) is 12.0 Å². The highest BCUT2D eigenvalue weighted by Gasteiger charge is 2.32. The third-order valence-corrected chi connectivity index (χ3v) is 3.55. The van der Waals surface area contributed by atoms with Crippen LogP contribution in [-0.2, 0) is 9.53 Å². The van der Waals surface area contributed by atoms with Crippen LogP contribution in [0.25, 0.3) is 0 Å². The predicted octanol–water partition coefficient (Wildman–Crippen LogP) is 0.286. The summed E-state index contributed by atoms with van der Waals surface area (Å²) in [6, 6.07) is 0.629. The number of carbonyl (C=O) groups is 1. The van der Waals surface area contributed by atoms with E-state index in [9.17, 15) is 4.79 Å². The lowest BCUT2D eigenvalue weighted by Gasteiger charge is -2.35. The molecule has 4 nitrogen and oxygen atoms in total. The summed E-state index contributed by atoms with van der Waals surface area (Å²) in [6.07, 6.45) is 3.20. The van der Waals surface area contributed by atoms with E-state index >= 15 is 0 Å². The van der Waals surface area contributed by atoms with E-state index < -0.39 is 0 Å². The molecule has 92 valence electrons. The second-order valence-electron chi connectivity index (χ2n) is 4.52. The summed E-state index contributed by atoms with van der Waals surface area (Å²) in [5.41, 5.74) is 0. The number of ether oxygens (including phenoxy) is 1. The zero-order valence-corrected chi connectivity index (χ0v) is 10.4. The Labute approximate surface area is 102 Å². The van der Waals surface area contributed by atoms with Gasteiger partial charge in [0.05, 0.1) is 12.7 Å². The van der Waals surface area contributed by atoms with E-state index in [4.69, 9.17) is 4.74 Å². The normalized spacial score (nSPS) is 30.1. The first-order valence-electron chi connectivity index (χ1n) is 6.03. The van der Waals surface area contributed by atoms with Crippen molar-refractivity contribution in [1.29, 1.82) is 0 Å². The fraction of sp³-hybridized carbons (Fsp3) is 0.909. The van der Waals surface area contributed by atoms with E-state index in [1.807, 2.05) is 0 Å². The number of hydrogen-bond donors (Lipinski definition) is 2. The smallest absolute Gasteiger partial charge is 0.220 e. The summed E-state index contributed by atoms with van der Waals surface area (Å²) in [4.78, 5) is 13.8. The van der Waals surface area contributed by atoms with Crippen LogP contribution in [0.2, 0.25) is 0 Å². The van der Waals surface area contributed by atoms with Gasteiger partial charge in [0, 0.05) is 25.6 Å². The van der Waals surface area contributed by atoms with Crippen LogP contribution >= 0.6 is 12.6 Å². The van der Waals surface area contributed by atoms with Gasteiger partial charge in [-0.2, -0.15) is 12.6 Å². The van der Waals surface area contributed by atoms with E-state index in [1.54, 1.807) is 0 Å². The molecule has 2 fully saturated rings. The maximum absolute atomic E-state index is 11.3. The first-order chi connectivity index (χ1) is 7.79. The van der Waals surface area contributed by atoms with Gasteiger partial charge >= 0.3 is 0 Å². The van der Waals surface area contributed by atoms with Crippen molar-refractivity contribution in [3.8, 4) is 0 Å². The Morgan fingerprint density at radius 3 is 3.25 bits per heavy atom. The van der Waals surface area contributed by atoms with Gasteiger partial charge in [0.15, 0.2) is 0 Å². The predicted molar refractivity (Wildman–Crippen MR) is 65.8 cm³/mol. The number of amides is 1. The SMILES string of the molecule is O=C(CCS)NCC1CN2CCCC2CO1. The fourth-order valence-corrected chi connectivity index (χ4v) is 2.63. The first-order valence-corrected chi connectivity index (χ1v) is 6.66. The Balaban J connectivity index is 1.69. The lowest BCUT2D eigenvalue weighted by molar-refractivity contribution is -0.122. The van der Waals surface area contributed by atoms with Gasteiger partial charge in [0.1, 0.15) is 0 Å². The summed E-state index contributed by atoms with van der Waals surface area (Å²) >= 11 is 4.03. The highest BCUT2D eigenvalue weighted by molar-refractivity contribution is 7.80. The second kappa shape index (κ2) is 5.89. The average molecular weight is 244 g/mol. The highest BCUT2D eigenvalue weighted by Crippen LogP contribution is 2.22. The van der Waals surface area contributed by atoms with Gasteiger partial charge in [-0.25, -0.2) is 0 Å². The van der Waals surface area contributed by atoms with Crippen LogP contribution in [0.3, 0.4) is 0 Å². The molecule has 2 aliphatic rings. The fourth-order valence-electron chi connectivity index (χ4n) is 2.43. The van der Waals surface area contributed by atoms with Crippen LogP contribution in [-0.4, -0.2) is 54.9 Å². The van der Waals surface area contributed by atoms with E-state index in [1.165, 1.54) is 19.4 Å². The standard InChI is InChI=1S/C11H20N2O2S/c14-11(3-5-16)12-6-10-7-13-4-1-2-9(13)8-15-10/h9-10,16H,1-8H2,(H,12,14). The number of rotatable bonds is 4. The molecule has 2 heterocycles. The molecule has 1 N–H and O–H groups in total. The van der Waals surface area contributed by atoms with Gasteiger partial charge in [0.2, 0.25) is 5.91 Å². The Hall–Kier alpha value is -0.260. The monoisotopic (exact) mass is 244 g/mol. The minimum atomic E-state index is 0.0714. The quantitative estimate of drug-likeness (QED) is 0.698. The molecule has 0 aromatic carbocycles. The van der Waals surface area contributed by atoms with Gasteiger partial charge in [-0.05, 0) is 25.1 Å². The highest BCUT2D eigenvalue weighted by atomic mass is 32.1. The van der Waals surface area contributed by atoms with E-state index in [0.717, 1.165) is 13.2 Å². The maximum Gasteiger partial charge on any atom is 0.220 e. The lowest BCUT2D eigenvalue weighted by Crippen LogP contribution is -2.50. The number of hydrogen-bond acceptors (Lipinski definition) is 4. The molecule has 0 saturated carbocycles. The Morgan fingerprint density at radius 2 is 2.44 bits per heavy atom. The summed E-state index contributed by atoms with van der Waals surface area (Å²) < 4.78 is 5.74. The lowest BCUT2D eigenvalue weighted by atomic mass is 10.2. The molecule has 2 unspecified atom stereocenters. The van der Waals surface area contributed by atoms with E-state index in [0.29, 0.717) is 24.8 Å². The number of nitrogens with zero attached hydrogens (tertiary/aromatic N) is 1. The van der Waals surface area contributed by atoms with Crippen LogP contribution in [0, 0.1) is 0 Å². The Bertz CT molecular complexity index is 250. The molecule has 0 aliphatic carbocycles. The molecule has 0 radical (unpaired) electrons. The van der Waals surface area contributed by atoms with Crippen LogP contribution in [0.5, 0.6) is 0 Å². The van der Waals surface area contributed by atoms with E-state index in [2.05, 4.69) is 22.8 Å². The zero-order valence-electron chi connectivity index (χ0n) is 9.52. The second-order valence-corrected chi connectivity index (χ2v) is 4.97. The third kappa shape index (κ3) is 3.12. The number of nitrogens with one attached hydrogen (secondary N) is 1. The van der Waals surface area contributed by atoms with Crippen molar-refractivity contribution in [3.05, 3.63) is 0 Å². The number of carbonyl (C=O) groups excluding carboxylic acids is 1. The van der Waals surface area contributed by atoms with Gasteiger partial charge < -0.3 is 10.1 Å². The van der Waals surface area contributed by atoms with Crippen molar-refractivity contribution in [3.63, 3.8) is 0 Å². The molecule has 2 atom stereocenters. The molecule has 0 bridgehead atoms. The van der Waals surface area contributed by atoms with Crippen LogP contribution < -0.4 is 5.32 Å². The molecular weight excluding hydrogens is 224 g/mol. The maximum atomic E-state index is 11.3. The molecule has 0 aromatic rings. The van der Waals surface area contributed by atoms with Crippen molar-refractivity contribution in [2.24, 2.45) is 0 Å². The van der Waals surface area contributed by atoms with Crippen LogP contribution in [0.15, 0.2) is 0 Å². The largest absolute Gasteiger partial charge is 0.373 e. The molecule has 1 amide bonds. The van der Waals surface area contributed by atoms with Gasteiger partial charge in [0.25, 0.3) is 0 Å².